The van der Waals surface area contributed by atoms with Crippen LogP contribution >= 0.6 is 0 Å². The van der Waals surface area contributed by atoms with Gasteiger partial charge in [0.05, 0.1) is 11.4 Å². The summed E-state index contributed by atoms with van der Waals surface area (Å²) in [6.45, 7) is 0. The van der Waals surface area contributed by atoms with Gasteiger partial charge in [0.25, 0.3) is 0 Å². The molecule has 6 aromatic rings. The molecule has 222 valence electrons. The smallest absolute Gasteiger partial charge is 0.0536 e. The Kier molecular flexibility index (Phi) is 7.54. The molecule has 0 aliphatic heterocycles. The summed E-state index contributed by atoms with van der Waals surface area (Å²) in [6.07, 6.45) is 13.5. The van der Waals surface area contributed by atoms with Crippen LogP contribution in [0.25, 0.3) is 23.3 Å². The van der Waals surface area contributed by atoms with Crippen molar-refractivity contribution in [3.05, 3.63) is 180 Å². The Bertz CT molecular complexity index is 1870. The fourth-order valence-electron chi connectivity index (χ4n) is 6.90. The first-order chi connectivity index (χ1) is 22.8. The lowest BCUT2D eigenvalue weighted by Gasteiger charge is -2.29. The summed E-state index contributed by atoms with van der Waals surface area (Å²) in [7, 11) is 0. The number of hydrogen-bond acceptors (Lipinski definition) is 2. The third-order valence-corrected chi connectivity index (χ3v) is 9.17. The second-order valence-corrected chi connectivity index (χ2v) is 12.0. The highest BCUT2D eigenvalue weighted by molar-refractivity contribution is 5.86. The molecule has 0 saturated carbocycles. The Morgan fingerprint density at radius 3 is 1.15 bits per heavy atom. The number of para-hydroxylation sites is 2. The van der Waals surface area contributed by atoms with E-state index in [9.17, 15) is 0 Å². The maximum atomic E-state index is 2.38. The van der Waals surface area contributed by atoms with E-state index >= 15 is 0 Å². The summed E-state index contributed by atoms with van der Waals surface area (Å²) in [5.74, 6) is 0. The molecule has 0 saturated heterocycles. The number of allylic oxidation sites excluding steroid dienone is 2. The predicted molar refractivity (Wildman–Crippen MR) is 196 cm³/mol. The van der Waals surface area contributed by atoms with Gasteiger partial charge in [-0.3, -0.25) is 0 Å². The number of hydrogen-bond donors (Lipinski definition) is 0. The van der Waals surface area contributed by atoms with Gasteiger partial charge < -0.3 is 9.80 Å². The molecule has 2 aliphatic rings. The third-order valence-electron chi connectivity index (χ3n) is 9.17. The molecule has 2 heteroatoms. The largest absolute Gasteiger partial charge is 0.310 e. The molecule has 0 spiro atoms. The van der Waals surface area contributed by atoms with Gasteiger partial charge in [-0.25, -0.2) is 0 Å². The van der Waals surface area contributed by atoms with Gasteiger partial charge in [-0.1, -0.05) is 109 Å². The quantitative estimate of drug-likeness (QED) is 0.182. The standard InChI is InChI=1S/C44H36N2/c1-3-17-37(18-4-1)45(43-23-11-15-35-13-7-9-21-41(35)43)39-29-25-33(26-30-39)34-27-31-40(32-28-34)46(38-19-5-2-6-20-38)44-24-12-16-36-14-8-10-22-42(36)44/h1-6,9-12,15-32H,7-8,13-14H2. The predicted octanol–water partition coefficient (Wildman–Crippen LogP) is 12.2. The maximum Gasteiger partial charge on any atom is 0.0536 e. The summed E-state index contributed by atoms with van der Waals surface area (Å²) < 4.78 is 0. The first-order valence-electron chi connectivity index (χ1n) is 16.3. The Labute approximate surface area is 272 Å². The van der Waals surface area contributed by atoms with Crippen LogP contribution in [-0.2, 0) is 12.8 Å². The highest BCUT2D eigenvalue weighted by Crippen LogP contribution is 2.42. The normalized spacial score (nSPS) is 13.1. The van der Waals surface area contributed by atoms with Crippen LogP contribution in [0.15, 0.2) is 158 Å². The van der Waals surface area contributed by atoms with E-state index < -0.39 is 0 Å². The zero-order valence-electron chi connectivity index (χ0n) is 25.9. The van der Waals surface area contributed by atoms with E-state index in [1.165, 1.54) is 44.8 Å². The lowest BCUT2D eigenvalue weighted by Crippen LogP contribution is -2.13. The maximum absolute atomic E-state index is 2.38. The van der Waals surface area contributed by atoms with Crippen molar-refractivity contribution in [3.8, 4) is 11.1 Å². The monoisotopic (exact) mass is 592 g/mol. The van der Waals surface area contributed by atoms with Crippen molar-refractivity contribution in [1.29, 1.82) is 0 Å². The molecular formula is C44H36N2. The topological polar surface area (TPSA) is 6.48 Å². The molecular weight excluding hydrogens is 556 g/mol. The van der Waals surface area contributed by atoms with E-state index in [1.54, 1.807) is 0 Å². The molecule has 46 heavy (non-hydrogen) atoms. The minimum Gasteiger partial charge on any atom is -0.310 e. The highest BCUT2D eigenvalue weighted by atomic mass is 15.1. The first-order valence-corrected chi connectivity index (χ1v) is 16.3. The highest BCUT2D eigenvalue weighted by Gasteiger charge is 2.20. The lowest BCUT2D eigenvalue weighted by molar-refractivity contribution is 0.984. The minimum atomic E-state index is 1.09. The van der Waals surface area contributed by atoms with Crippen LogP contribution in [0.5, 0.6) is 0 Å². The van der Waals surface area contributed by atoms with Crippen molar-refractivity contribution in [2.45, 2.75) is 25.7 Å². The van der Waals surface area contributed by atoms with E-state index in [0.717, 1.165) is 48.4 Å². The second-order valence-electron chi connectivity index (χ2n) is 12.0. The van der Waals surface area contributed by atoms with E-state index in [1.807, 2.05) is 0 Å². The van der Waals surface area contributed by atoms with Crippen molar-refractivity contribution < 1.29 is 0 Å². The van der Waals surface area contributed by atoms with Crippen LogP contribution in [0, 0.1) is 0 Å². The van der Waals surface area contributed by atoms with Crippen LogP contribution in [0.3, 0.4) is 0 Å². The molecule has 0 amide bonds. The summed E-state index contributed by atoms with van der Waals surface area (Å²) in [6, 6.07) is 52.8. The summed E-state index contributed by atoms with van der Waals surface area (Å²) in [5.41, 5.74) is 14.9. The summed E-state index contributed by atoms with van der Waals surface area (Å²) in [4.78, 5) is 4.77. The Morgan fingerprint density at radius 1 is 0.348 bits per heavy atom. The molecule has 0 unspecified atom stereocenters. The van der Waals surface area contributed by atoms with Crippen LogP contribution < -0.4 is 9.80 Å². The van der Waals surface area contributed by atoms with Gasteiger partial charge in [-0.05, 0) is 109 Å². The van der Waals surface area contributed by atoms with Gasteiger partial charge in [0.2, 0.25) is 0 Å². The average Bonchev–Trinajstić information content (AvgIpc) is 3.14. The van der Waals surface area contributed by atoms with Gasteiger partial charge in [0, 0.05) is 33.9 Å². The average molecular weight is 593 g/mol. The van der Waals surface area contributed by atoms with Crippen molar-refractivity contribution in [2.75, 3.05) is 9.80 Å². The van der Waals surface area contributed by atoms with Gasteiger partial charge in [-0.2, -0.15) is 0 Å². The molecule has 2 nitrogen and oxygen atoms in total. The molecule has 6 aromatic carbocycles. The lowest BCUT2D eigenvalue weighted by atomic mass is 9.94. The molecule has 0 radical (unpaired) electrons. The first kappa shape index (κ1) is 27.9. The van der Waals surface area contributed by atoms with Gasteiger partial charge in [0.15, 0.2) is 0 Å². The van der Waals surface area contributed by atoms with Crippen LogP contribution in [0.4, 0.5) is 34.1 Å². The number of nitrogens with zero attached hydrogens (tertiary/aromatic N) is 2. The molecule has 0 aromatic heterocycles. The fourth-order valence-corrected chi connectivity index (χ4v) is 6.90. The molecule has 0 atom stereocenters. The van der Waals surface area contributed by atoms with Gasteiger partial charge in [0.1, 0.15) is 0 Å². The molecule has 0 fully saturated rings. The van der Waals surface area contributed by atoms with E-state index in [-0.39, 0.29) is 0 Å². The van der Waals surface area contributed by atoms with Crippen LogP contribution in [0.1, 0.15) is 35.1 Å². The number of fused-ring (bicyclic) bond motifs is 2. The molecule has 0 bridgehead atoms. The van der Waals surface area contributed by atoms with Gasteiger partial charge >= 0.3 is 0 Å². The second kappa shape index (κ2) is 12.4. The van der Waals surface area contributed by atoms with Crippen LogP contribution in [-0.4, -0.2) is 0 Å². The van der Waals surface area contributed by atoms with Crippen molar-refractivity contribution >= 4 is 46.3 Å². The number of anilines is 6. The number of aryl methyl sites for hydroxylation is 2. The van der Waals surface area contributed by atoms with Gasteiger partial charge in [-0.15, -0.1) is 0 Å². The number of rotatable bonds is 7. The summed E-state index contributed by atoms with van der Waals surface area (Å²) >= 11 is 0. The van der Waals surface area contributed by atoms with E-state index in [4.69, 9.17) is 0 Å². The van der Waals surface area contributed by atoms with Crippen LogP contribution in [0.2, 0.25) is 0 Å². The molecule has 8 rings (SSSR count). The van der Waals surface area contributed by atoms with E-state index in [2.05, 4.69) is 180 Å². The zero-order valence-corrected chi connectivity index (χ0v) is 25.9. The van der Waals surface area contributed by atoms with Crippen molar-refractivity contribution in [2.24, 2.45) is 0 Å². The molecule has 0 heterocycles. The molecule has 2 aliphatic carbocycles. The third kappa shape index (κ3) is 5.33. The summed E-state index contributed by atoms with van der Waals surface area (Å²) in [5, 5.41) is 0. The van der Waals surface area contributed by atoms with Crippen molar-refractivity contribution in [3.63, 3.8) is 0 Å². The fraction of sp³-hybridized carbons (Fsp3) is 0.0909. The Morgan fingerprint density at radius 2 is 0.739 bits per heavy atom. The minimum absolute atomic E-state index is 1.09. The SMILES string of the molecule is C1=Cc2c(cccc2N(c2ccccc2)c2ccc(-c3ccc(N(c4ccccc4)c4cccc5c4C=CCC5)cc3)cc2)CC1. The zero-order chi connectivity index (χ0) is 30.7. The number of benzene rings is 6. The van der Waals surface area contributed by atoms with Crippen molar-refractivity contribution in [1.82, 2.24) is 0 Å². The Hall–Kier alpha value is -5.60. The van der Waals surface area contributed by atoms with E-state index in [0.29, 0.717) is 0 Å². The Balaban J connectivity index is 1.14. The molecule has 0 N–H and O–H groups in total.